The molecule has 0 unspecified atom stereocenters. The second-order valence-electron chi connectivity index (χ2n) is 4.56. The Morgan fingerprint density at radius 3 is 2.17 bits per heavy atom. The first-order valence-corrected chi connectivity index (χ1v) is 5.75. The average molecular weight is 263 g/mol. The molecule has 7 heteroatoms. The number of ketones is 1. The lowest BCUT2D eigenvalue weighted by molar-refractivity contribution is -0.140. The molecule has 0 aliphatic rings. The molecular weight excluding hydrogens is 242 g/mol. The topological polar surface area (TPSA) is 127 Å². The van der Waals surface area contributed by atoms with Crippen LogP contribution in [0.1, 0.15) is 20.3 Å². The maximum absolute atomic E-state index is 11.4. The van der Waals surface area contributed by atoms with E-state index in [1.165, 1.54) is 0 Å². The van der Waals surface area contributed by atoms with E-state index in [0.717, 1.165) is 0 Å². The van der Waals surface area contributed by atoms with Crippen LogP contribution in [-0.2, 0) is 9.59 Å². The molecule has 5 N–H and O–H groups in total. The van der Waals surface area contributed by atoms with E-state index in [-0.39, 0.29) is 12.5 Å². The summed E-state index contributed by atoms with van der Waals surface area (Å²) in [6, 6.07) is -0.882. The molecule has 0 aliphatic heterocycles. The number of nitrogens with one attached hydrogen (secondary N) is 1. The Hall–Kier alpha value is -1.02. The molecular formula is C11H21NO6. The fourth-order valence-corrected chi connectivity index (χ4v) is 1.39. The number of aliphatic hydroxyl groups is 3. The Kier molecular flexibility index (Phi) is 7.69. The number of hydrogen-bond acceptors (Lipinski definition) is 6. The van der Waals surface area contributed by atoms with Crippen LogP contribution in [0, 0.1) is 5.92 Å². The van der Waals surface area contributed by atoms with Gasteiger partial charge in [-0.3, -0.25) is 14.9 Å². The van der Waals surface area contributed by atoms with Crippen LogP contribution in [0.4, 0.5) is 0 Å². The number of rotatable bonds is 9. The van der Waals surface area contributed by atoms with E-state index in [4.69, 9.17) is 15.3 Å². The molecule has 106 valence electrons. The molecule has 0 spiro atoms. The summed E-state index contributed by atoms with van der Waals surface area (Å²) in [5.74, 6) is -1.69. The monoisotopic (exact) mass is 263 g/mol. The third-order valence-corrected chi connectivity index (χ3v) is 2.41. The number of carbonyl (C=O) groups excluding carboxylic acids is 1. The van der Waals surface area contributed by atoms with Crippen LogP contribution in [0.3, 0.4) is 0 Å². The number of carbonyl (C=O) groups is 2. The summed E-state index contributed by atoms with van der Waals surface area (Å²) in [5, 5.41) is 38.3. The van der Waals surface area contributed by atoms with Crippen molar-refractivity contribution in [1.82, 2.24) is 5.32 Å². The maximum atomic E-state index is 11.4. The average Bonchev–Trinajstić information content (AvgIpc) is 2.31. The SMILES string of the molecule is CC(C)C[C@H](NCC(=O)[C@@H](O)[C@H](O)CO)C(=O)O. The van der Waals surface area contributed by atoms with Gasteiger partial charge in [0.2, 0.25) is 0 Å². The predicted octanol–water partition coefficient (Wildman–Crippen LogP) is -1.64. The Morgan fingerprint density at radius 2 is 1.78 bits per heavy atom. The Balaban J connectivity index is 4.27. The maximum Gasteiger partial charge on any atom is 0.320 e. The second-order valence-corrected chi connectivity index (χ2v) is 4.56. The summed E-state index contributed by atoms with van der Waals surface area (Å²) in [6.45, 7) is 2.59. The van der Waals surface area contributed by atoms with E-state index in [2.05, 4.69) is 5.32 Å². The fraction of sp³-hybridized carbons (Fsp3) is 0.818. The smallest absolute Gasteiger partial charge is 0.320 e. The first kappa shape index (κ1) is 17.0. The van der Waals surface area contributed by atoms with Gasteiger partial charge in [-0.1, -0.05) is 13.8 Å². The molecule has 0 saturated heterocycles. The largest absolute Gasteiger partial charge is 0.480 e. The number of Topliss-reactive ketones (excluding diaryl/α,β-unsaturated/α-hetero) is 1. The zero-order valence-corrected chi connectivity index (χ0v) is 10.5. The number of aliphatic hydroxyl groups excluding tert-OH is 3. The summed E-state index contributed by atoms with van der Waals surface area (Å²) in [7, 11) is 0. The van der Waals surface area contributed by atoms with Gasteiger partial charge >= 0.3 is 5.97 Å². The highest BCUT2D eigenvalue weighted by atomic mass is 16.4. The molecule has 0 radical (unpaired) electrons. The van der Waals surface area contributed by atoms with Crippen molar-refractivity contribution in [1.29, 1.82) is 0 Å². The third kappa shape index (κ3) is 6.06. The summed E-state index contributed by atoms with van der Waals surface area (Å²) in [4.78, 5) is 22.3. The molecule has 0 amide bonds. The summed E-state index contributed by atoms with van der Waals surface area (Å²) in [6.07, 6.45) is -2.91. The van der Waals surface area contributed by atoms with Crippen molar-refractivity contribution < 1.29 is 30.0 Å². The molecule has 0 aliphatic carbocycles. The van der Waals surface area contributed by atoms with Gasteiger partial charge in [-0.05, 0) is 12.3 Å². The lowest BCUT2D eigenvalue weighted by atomic mass is 10.0. The second kappa shape index (κ2) is 8.15. The molecule has 0 aromatic carbocycles. The van der Waals surface area contributed by atoms with E-state index < -0.39 is 36.6 Å². The van der Waals surface area contributed by atoms with Gasteiger partial charge in [0.1, 0.15) is 18.2 Å². The molecule has 0 aromatic heterocycles. The molecule has 0 saturated carbocycles. The van der Waals surface area contributed by atoms with Crippen LogP contribution >= 0.6 is 0 Å². The highest BCUT2D eigenvalue weighted by molar-refractivity contribution is 5.86. The van der Waals surface area contributed by atoms with Gasteiger partial charge in [0.05, 0.1) is 13.2 Å². The van der Waals surface area contributed by atoms with Gasteiger partial charge < -0.3 is 20.4 Å². The lowest BCUT2D eigenvalue weighted by Crippen LogP contribution is -2.46. The fourth-order valence-electron chi connectivity index (χ4n) is 1.39. The van der Waals surface area contributed by atoms with Crippen molar-refractivity contribution in [3.63, 3.8) is 0 Å². The molecule has 0 fully saturated rings. The lowest BCUT2D eigenvalue weighted by Gasteiger charge is -2.18. The molecule has 0 heterocycles. The van der Waals surface area contributed by atoms with E-state index in [9.17, 15) is 14.7 Å². The van der Waals surface area contributed by atoms with Crippen molar-refractivity contribution in [3.05, 3.63) is 0 Å². The van der Waals surface area contributed by atoms with Crippen LogP contribution in [0.25, 0.3) is 0 Å². The van der Waals surface area contributed by atoms with Crippen molar-refractivity contribution >= 4 is 11.8 Å². The van der Waals surface area contributed by atoms with E-state index in [1.807, 2.05) is 13.8 Å². The normalized spacial score (nSPS) is 16.3. The number of carboxylic acid groups (broad SMARTS) is 1. The predicted molar refractivity (Wildman–Crippen MR) is 63.0 cm³/mol. The molecule has 0 aromatic rings. The highest BCUT2D eigenvalue weighted by Crippen LogP contribution is 2.05. The Bertz CT molecular complexity index is 281. The van der Waals surface area contributed by atoms with Crippen molar-refractivity contribution in [2.45, 2.75) is 38.5 Å². The number of hydrogen-bond donors (Lipinski definition) is 5. The summed E-state index contributed by atoms with van der Waals surface area (Å²) >= 11 is 0. The number of carboxylic acids is 1. The summed E-state index contributed by atoms with van der Waals surface area (Å²) in [5.41, 5.74) is 0. The van der Waals surface area contributed by atoms with Gasteiger partial charge in [-0.25, -0.2) is 0 Å². The summed E-state index contributed by atoms with van der Waals surface area (Å²) < 4.78 is 0. The first-order chi connectivity index (χ1) is 8.29. The van der Waals surface area contributed by atoms with Crippen LogP contribution in [-0.4, -0.2) is 63.6 Å². The van der Waals surface area contributed by atoms with Crippen LogP contribution in [0.2, 0.25) is 0 Å². The number of aliphatic carboxylic acids is 1. The minimum Gasteiger partial charge on any atom is -0.480 e. The third-order valence-electron chi connectivity index (χ3n) is 2.41. The van der Waals surface area contributed by atoms with Gasteiger partial charge in [0.15, 0.2) is 5.78 Å². The molecule has 3 atom stereocenters. The quantitative estimate of drug-likeness (QED) is 0.337. The first-order valence-electron chi connectivity index (χ1n) is 5.75. The standard InChI is InChI=1S/C11H21NO6/c1-6(2)3-7(11(17)18)12-4-8(14)10(16)9(15)5-13/h6-7,9-10,12-13,15-16H,3-5H2,1-2H3,(H,17,18)/t7-,9+,10+/m0/s1. The Labute approximate surface area is 105 Å². The van der Waals surface area contributed by atoms with Gasteiger partial charge in [0.25, 0.3) is 0 Å². The molecule has 7 nitrogen and oxygen atoms in total. The minimum absolute atomic E-state index is 0.140. The Morgan fingerprint density at radius 1 is 1.22 bits per heavy atom. The zero-order valence-electron chi connectivity index (χ0n) is 10.5. The van der Waals surface area contributed by atoms with E-state index in [0.29, 0.717) is 6.42 Å². The molecule has 0 bridgehead atoms. The molecule has 0 rings (SSSR count). The van der Waals surface area contributed by atoms with E-state index >= 15 is 0 Å². The zero-order chi connectivity index (χ0) is 14.3. The minimum atomic E-state index is -1.71. The van der Waals surface area contributed by atoms with Gasteiger partial charge in [-0.2, -0.15) is 0 Å². The van der Waals surface area contributed by atoms with Crippen LogP contribution in [0.5, 0.6) is 0 Å². The van der Waals surface area contributed by atoms with Gasteiger partial charge in [-0.15, -0.1) is 0 Å². The van der Waals surface area contributed by atoms with Crippen molar-refractivity contribution in [3.8, 4) is 0 Å². The van der Waals surface area contributed by atoms with E-state index in [1.54, 1.807) is 0 Å². The van der Waals surface area contributed by atoms with Crippen molar-refractivity contribution in [2.24, 2.45) is 5.92 Å². The van der Waals surface area contributed by atoms with Crippen LogP contribution < -0.4 is 5.32 Å². The van der Waals surface area contributed by atoms with Crippen molar-refractivity contribution in [2.75, 3.05) is 13.2 Å². The highest BCUT2D eigenvalue weighted by Gasteiger charge is 2.25. The molecule has 18 heavy (non-hydrogen) atoms. The van der Waals surface area contributed by atoms with Crippen LogP contribution in [0.15, 0.2) is 0 Å². The van der Waals surface area contributed by atoms with Gasteiger partial charge in [0, 0.05) is 0 Å².